The Bertz CT molecular complexity index is 4120. The number of nitrogens with one attached hydrogen (secondary N) is 1. The summed E-state index contributed by atoms with van der Waals surface area (Å²) >= 11 is 0. The Morgan fingerprint density at radius 1 is 0.790 bits per heavy atom. The van der Waals surface area contributed by atoms with E-state index in [-0.39, 0.29) is 94.0 Å². The molecule has 3 aromatic rings. The van der Waals surface area contributed by atoms with Gasteiger partial charge in [0.25, 0.3) is 7.82 Å². The molecule has 2 saturated heterocycles. The van der Waals surface area contributed by atoms with E-state index >= 15 is 0 Å². The SMILES string of the molecule is C/C1=C2/[N-][C@H]([C@H](CC(N)=O)[C@@]2(C)CCC(=O)NC[C@@H](C)OP(=O)([O-])O[C@H]2[C@@H](O)[C@@H](n3cnc4cc(C)c(C)cc43)O[C@@H]2CO)[C@]2(C)N=C(/C(C)=C3N=C(/C=C4N=C1[C@@H](CCC(N)=O)C\4(C)C)[C@@H](CCC(N)=O)[C@]\3(C)CC(N)=O)[C@@H](CCC(N)=O)[C@]2(C)CC(N)=O.NC(Cc1ccccc1)C(=O)[O-].[C-]#N.[Co+3]. The monoisotopic (exact) mass is 1520 g/mol. The van der Waals surface area contributed by atoms with Gasteiger partial charge in [0.15, 0.2) is 6.23 Å². The number of carbonyl (C=O) groups excluding carboxylic acids is 8. The van der Waals surface area contributed by atoms with Crippen LogP contribution in [-0.2, 0) is 79.9 Å². The summed E-state index contributed by atoms with van der Waals surface area (Å²) in [5, 5.41) is 46.6. The van der Waals surface area contributed by atoms with Gasteiger partial charge in [0.1, 0.15) is 18.3 Å². The van der Waals surface area contributed by atoms with Crippen molar-refractivity contribution in [3.63, 3.8) is 0 Å². The van der Waals surface area contributed by atoms with Crippen LogP contribution in [0.4, 0.5) is 0 Å². The molecule has 7 amide bonds. The first-order chi connectivity index (χ1) is 48.5. The molecular formula is C72H98CoN15O16P-. The van der Waals surface area contributed by atoms with Crippen molar-refractivity contribution in [2.45, 2.75) is 201 Å². The first-order valence-corrected chi connectivity index (χ1v) is 35.9. The van der Waals surface area contributed by atoms with Crippen LogP contribution < -0.4 is 55.5 Å². The summed E-state index contributed by atoms with van der Waals surface area (Å²) in [4.78, 5) is 138. The Morgan fingerprint density at radius 3 is 1.93 bits per heavy atom. The number of aliphatic hydroxyl groups excluding tert-OH is 2. The molecule has 17 N–H and O–H groups in total. The van der Waals surface area contributed by atoms with E-state index in [1.807, 2.05) is 111 Å². The first-order valence-electron chi connectivity index (χ1n) is 34.4. The van der Waals surface area contributed by atoms with Crippen molar-refractivity contribution in [3.8, 4) is 0 Å². The number of phosphoric acid groups is 1. The van der Waals surface area contributed by atoms with Gasteiger partial charge < -0.3 is 106 Å². The van der Waals surface area contributed by atoms with E-state index in [2.05, 4.69) is 10.3 Å². The van der Waals surface area contributed by atoms with Crippen LogP contribution in [0.25, 0.3) is 16.4 Å². The molecule has 33 heteroatoms. The number of primary amides is 6. The number of nitrogens with two attached hydrogens (primary N) is 7. The minimum Gasteiger partial charge on any atom is -0.756 e. The van der Waals surface area contributed by atoms with Crippen LogP contribution in [0.2, 0.25) is 0 Å². The summed E-state index contributed by atoms with van der Waals surface area (Å²) in [6, 6.07) is 11.0. The normalized spacial score (nSPS) is 30.8. The van der Waals surface area contributed by atoms with Gasteiger partial charge in [-0.15, -0.1) is 0 Å². The van der Waals surface area contributed by atoms with Crippen LogP contribution >= 0.6 is 7.82 Å². The molecule has 9 rings (SSSR count). The Kier molecular flexibility index (Phi) is 27.7. The molecule has 0 radical (unpaired) electrons. The van der Waals surface area contributed by atoms with Crippen LogP contribution in [0.3, 0.4) is 0 Å². The molecule has 2 fully saturated rings. The maximum atomic E-state index is 14.4. The number of hydrogen-bond donors (Lipinski definition) is 10. The molecule has 105 heavy (non-hydrogen) atoms. The molecule has 0 aliphatic carbocycles. The minimum atomic E-state index is -5.32. The van der Waals surface area contributed by atoms with Crippen LogP contribution in [0.15, 0.2) is 98.1 Å². The van der Waals surface area contributed by atoms with Crippen molar-refractivity contribution in [1.29, 1.82) is 5.26 Å². The number of carboxylic acid groups (broad SMARTS) is 1. The van der Waals surface area contributed by atoms with Gasteiger partial charge >= 0.3 is 16.8 Å². The second-order valence-corrected chi connectivity index (χ2v) is 30.9. The predicted molar refractivity (Wildman–Crippen MR) is 380 cm³/mol. The molecule has 6 aliphatic heterocycles. The average molecular weight is 1520 g/mol. The van der Waals surface area contributed by atoms with Crippen LogP contribution in [0.5, 0.6) is 0 Å². The Balaban J connectivity index is 0.00000104. The number of allylic oxidation sites excluding steroid dienone is 6. The number of carbonyl (C=O) groups is 8. The van der Waals surface area contributed by atoms with Crippen LogP contribution in [-0.4, -0.2) is 139 Å². The van der Waals surface area contributed by atoms with Crippen LogP contribution in [0.1, 0.15) is 156 Å². The second-order valence-electron chi connectivity index (χ2n) is 29.6. The number of aliphatic hydroxyl groups is 2. The van der Waals surface area contributed by atoms with Crippen molar-refractivity contribution in [2.75, 3.05) is 13.2 Å². The number of aryl methyl sites for hydroxylation is 2. The number of fused-ring (bicyclic) bond motifs is 7. The number of imidazole rings is 1. The number of amides is 7. The van der Waals surface area contributed by atoms with Crippen molar-refractivity contribution < 1.29 is 93.7 Å². The van der Waals surface area contributed by atoms with Gasteiger partial charge in [-0.1, -0.05) is 71.0 Å². The third-order valence-electron chi connectivity index (χ3n) is 22.1. The Hall–Kier alpha value is -8.35. The maximum absolute atomic E-state index is 14.4. The number of rotatable bonds is 29. The van der Waals surface area contributed by atoms with E-state index < -0.39 is 155 Å². The number of aliphatic carboxylic acids is 1. The van der Waals surface area contributed by atoms with E-state index in [9.17, 15) is 63.1 Å². The third kappa shape index (κ3) is 18.2. The molecule has 16 atom stereocenters. The van der Waals surface area contributed by atoms with Gasteiger partial charge in [0.2, 0.25) is 41.4 Å². The van der Waals surface area contributed by atoms with Crippen molar-refractivity contribution in [2.24, 2.45) is 100 Å². The van der Waals surface area contributed by atoms with Crippen molar-refractivity contribution in [3.05, 3.63) is 112 Å². The molecular weight excluding hydrogens is 1420 g/mol. The first kappa shape index (κ1) is 85.6. The molecule has 0 spiro atoms. The fourth-order valence-corrected chi connectivity index (χ4v) is 17.4. The number of phosphoric ester groups is 1. The quantitative estimate of drug-likeness (QED) is 0.0353. The number of benzene rings is 2. The molecule has 8 bridgehead atoms. The second kappa shape index (κ2) is 34.0. The van der Waals surface area contributed by atoms with Crippen molar-refractivity contribution >= 4 is 83.3 Å². The summed E-state index contributed by atoms with van der Waals surface area (Å²) in [5.41, 5.74) is 42.9. The number of hydrogen-bond acceptors (Lipinski definition) is 22. The van der Waals surface area contributed by atoms with Gasteiger partial charge in [-0.2, -0.15) is 5.70 Å². The third-order valence-corrected chi connectivity index (χ3v) is 23.2. The van der Waals surface area contributed by atoms with E-state index in [4.69, 9.17) is 86.0 Å². The number of ether oxygens (including phenoxy) is 1. The van der Waals surface area contributed by atoms with E-state index in [0.29, 0.717) is 62.8 Å². The van der Waals surface area contributed by atoms with E-state index in [1.165, 1.54) is 17.8 Å². The van der Waals surface area contributed by atoms with E-state index in [1.54, 1.807) is 6.92 Å². The number of nitrogens with zero attached hydrogens (tertiary/aromatic N) is 7. The van der Waals surface area contributed by atoms with Gasteiger partial charge in [-0.25, -0.2) is 4.98 Å². The smallest absolute Gasteiger partial charge is 0.756 e. The molecule has 6 aliphatic rings. The van der Waals surface area contributed by atoms with Crippen LogP contribution in [0, 0.1) is 71.0 Å². The topological polar surface area (TPSA) is 555 Å². The summed E-state index contributed by atoms with van der Waals surface area (Å²) in [7, 11) is -5.32. The summed E-state index contributed by atoms with van der Waals surface area (Å²) in [6.45, 7) is 23.7. The van der Waals surface area contributed by atoms with Crippen molar-refractivity contribution in [1.82, 2.24) is 14.9 Å². The molecule has 1 aromatic heterocycles. The van der Waals surface area contributed by atoms with Gasteiger partial charge in [-0.3, -0.25) is 53.1 Å². The van der Waals surface area contributed by atoms with E-state index in [0.717, 1.165) is 16.7 Å². The zero-order valence-corrected chi connectivity index (χ0v) is 62.9. The Labute approximate surface area is 620 Å². The maximum Gasteiger partial charge on any atom is 3.00 e. The summed E-state index contributed by atoms with van der Waals surface area (Å²) in [6.07, 6.45) is -4.47. The average Bonchev–Trinajstić information content (AvgIpc) is 1.53. The summed E-state index contributed by atoms with van der Waals surface area (Å²) in [5.74, 6) is -8.61. The molecule has 2 unspecified atom stereocenters. The van der Waals surface area contributed by atoms with Gasteiger partial charge in [0.05, 0.1) is 47.3 Å². The van der Waals surface area contributed by atoms with Gasteiger partial charge in [-0.05, 0) is 131 Å². The zero-order valence-electron chi connectivity index (χ0n) is 61.0. The Morgan fingerprint density at radius 2 is 1.37 bits per heavy atom. The zero-order chi connectivity index (χ0) is 77.7. The number of carboxylic acids is 1. The fourth-order valence-electron chi connectivity index (χ4n) is 16.3. The summed E-state index contributed by atoms with van der Waals surface area (Å²) < 4.78 is 31.9. The number of aliphatic imine (C=N–C) groups is 3. The number of aromatic nitrogens is 2. The van der Waals surface area contributed by atoms with Gasteiger partial charge in [0, 0.05) is 114 Å². The molecule has 7 heterocycles. The minimum absolute atomic E-state index is 0. The predicted octanol–water partition coefficient (Wildman–Crippen LogP) is 2.72. The molecule has 0 saturated carbocycles. The molecule has 31 nitrogen and oxygen atoms in total. The molecule has 2 aromatic carbocycles. The fraction of sp³-hybridized carbons (Fsp3) is 0.569. The largest absolute Gasteiger partial charge is 3.00 e. The standard InChI is InChI=1S/C62H90N13O14P.C9H11NO2.CN.Co/c1-29-20-39-40(21-30(29)2)75(28-70-39)57-52(84)53(41(27-76)87-57)89-90(85,86)88-31(3)26-69-49(83)18-19-59(8)37(22-46(66)80)56-62(11)61(10,25-48(68)82)36(14-17-45(65)79)51(74-62)33(5)55-60(9,24-47(67)81)34(12-15-43(63)77)38(71-55)23-42-58(6,7)35(13-16-44(64)78)50(72-42)32(4)54(59)73-56;10-8(9(11)12)6-7-4-2-1-3-5-7;1-2;/h20-21,23,28,31,34-37,41,52-53,56-57,76,84H,12-19,22,24-27H2,1-11H3,(H15,63,64,65,66,67,68,69,71,72,73,74,77,78,79,80,81,82,83,85,86);1-5,8H,6,10H2,(H,11,12);;/q;;-1;+3/p-3/t31-,34-,35-,36-,37+,41-,52-,53-,56-,57+,59-,60+,61+,62+;;;/m1.../s1. The molecule has 572 valence electrons.